The Hall–Kier alpha value is -3.31. The van der Waals surface area contributed by atoms with Crippen LogP contribution in [0.15, 0.2) is 77.7 Å². The van der Waals surface area contributed by atoms with E-state index in [4.69, 9.17) is 14.5 Å². The summed E-state index contributed by atoms with van der Waals surface area (Å²) in [6.45, 7) is 7.12. The van der Waals surface area contributed by atoms with Crippen LogP contribution in [0.2, 0.25) is 0 Å². The lowest BCUT2D eigenvalue weighted by molar-refractivity contribution is -0.0440. The van der Waals surface area contributed by atoms with Crippen molar-refractivity contribution in [3.63, 3.8) is 0 Å². The Labute approximate surface area is 232 Å². The molecule has 5 rings (SSSR count). The zero-order chi connectivity index (χ0) is 27.6. The number of anilines is 1. The van der Waals surface area contributed by atoms with Crippen molar-refractivity contribution in [3.8, 4) is 5.75 Å². The van der Waals surface area contributed by atoms with Crippen LogP contribution in [-0.2, 0) is 21.3 Å². The van der Waals surface area contributed by atoms with Crippen LogP contribution in [-0.4, -0.2) is 55.5 Å². The topological polar surface area (TPSA) is 89.0 Å². The normalized spacial score (nSPS) is 18.2. The fourth-order valence-electron chi connectivity index (χ4n) is 4.66. The molecule has 204 valence electrons. The van der Waals surface area contributed by atoms with Gasteiger partial charge in [-0.2, -0.15) is 4.31 Å². The molecule has 1 amide bonds. The Kier molecular flexibility index (Phi) is 7.99. The van der Waals surface area contributed by atoms with Crippen molar-refractivity contribution in [2.24, 2.45) is 0 Å². The maximum absolute atomic E-state index is 13.8. The quantitative estimate of drug-likeness (QED) is 0.287. The molecule has 0 bridgehead atoms. The fraction of sp³-hybridized carbons (Fsp3) is 0.310. The predicted octanol–water partition coefficient (Wildman–Crippen LogP) is 5.34. The average Bonchev–Trinajstić information content (AvgIpc) is 3.35. The first kappa shape index (κ1) is 27.3. The first-order valence-corrected chi connectivity index (χ1v) is 15.1. The van der Waals surface area contributed by atoms with Crippen molar-refractivity contribution in [3.05, 3.63) is 83.9 Å². The smallest absolute Gasteiger partial charge is 0.260 e. The Morgan fingerprint density at radius 1 is 1.05 bits per heavy atom. The number of aromatic nitrogens is 1. The van der Waals surface area contributed by atoms with Crippen molar-refractivity contribution in [2.75, 3.05) is 24.6 Å². The maximum atomic E-state index is 13.8. The van der Waals surface area contributed by atoms with Gasteiger partial charge in [0.15, 0.2) is 5.13 Å². The second-order valence-corrected chi connectivity index (χ2v) is 12.5. The number of carbonyl (C=O) groups excluding carboxylic acids is 1. The average molecular weight is 566 g/mol. The summed E-state index contributed by atoms with van der Waals surface area (Å²) < 4.78 is 40.2. The van der Waals surface area contributed by atoms with Crippen LogP contribution in [0.5, 0.6) is 5.75 Å². The van der Waals surface area contributed by atoms with Crippen molar-refractivity contribution >= 4 is 42.6 Å². The molecule has 1 aliphatic rings. The van der Waals surface area contributed by atoms with E-state index < -0.39 is 10.0 Å². The van der Waals surface area contributed by atoms with Gasteiger partial charge in [0.25, 0.3) is 5.91 Å². The SMILES string of the molecule is CCOc1ccc2nc(N(Cc3ccccc3)C(=O)c3ccc(S(=O)(=O)N4CC(C)OC(C)C4)cc3)sc2c1. The highest BCUT2D eigenvalue weighted by molar-refractivity contribution is 7.89. The number of benzene rings is 3. The Morgan fingerprint density at radius 2 is 1.74 bits per heavy atom. The minimum absolute atomic E-state index is 0.151. The molecule has 0 saturated carbocycles. The highest BCUT2D eigenvalue weighted by Gasteiger charge is 2.32. The van der Waals surface area contributed by atoms with Crippen LogP contribution in [0.25, 0.3) is 10.2 Å². The summed E-state index contributed by atoms with van der Waals surface area (Å²) in [7, 11) is -3.71. The highest BCUT2D eigenvalue weighted by Crippen LogP contribution is 2.33. The lowest BCUT2D eigenvalue weighted by Crippen LogP contribution is -2.48. The van der Waals surface area contributed by atoms with Gasteiger partial charge in [0.2, 0.25) is 10.0 Å². The van der Waals surface area contributed by atoms with Crippen molar-refractivity contribution in [1.29, 1.82) is 0 Å². The summed E-state index contributed by atoms with van der Waals surface area (Å²) >= 11 is 1.41. The van der Waals surface area contributed by atoms with Gasteiger partial charge in [-0.1, -0.05) is 41.7 Å². The van der Waals surface area contributed by atoms with Gasteiger partial charge in [0.05, 0.1) is 40.5 Å². The number of carbonyl (C=O) groups is 1. The first-order valence-electron chi connectivity index (χ1n) is 12.9. The molecule has 2 atom stereocenters. The van der Waals surface area contributed by atoms with E-state index in [1.54, 1.807) is 17.0 Å². The predicted molar refractivity (Wildman–Crippen MR) is 153 cm³/mol. The third-order valence-electron chi connectivity index (χ3n) is 6.44. The maximum Gasteiger partial charge on any atom is 0.260 e. The number of hydrogen-bond acceptors (Lipinski definition) is 7. The van der Waals surface area contributed by atoms with E-state index in [1.165, 1.54) is 27.8 Å². The molecule has 2 unspecified atom stereocenters. The summed E-state index contributed by atoms with van der Waals surface area (Å²) in [5.41, 5.74) is 2.11. The Bertz CT molecular complexity index is 1550. The Balaban J connectivity index is 1.45. The molecule has 4 aromatic rings. The van der Waals surface area contributed by atoms with Gasteiger partial charge < -0.3 is 9.47 Å². The third-order valence-corrected chi connectivity index (χ3v) is 9.33. The van der Waals surface area contributed by atoms with E-state index >= 15 is 0 Å². The Morgan fingerprint density at radius 3 is 2.41 bits per heavy atom. The zero-order valence-electron chi connectivity index (χ0n) is 22.1. The van der Waals surface area contributed by atoms with Gasteiger partial charge in [-0.3, -0.25) is 9.69 Å². The molecular formula is C29H31N3O5S2. The van der Waals surface area contributed by atoms with Gasteiger partial charge in [-0.05, 0) is 68.8 Å². The van der Waals surface area contributed by atoms with Gasteiger partial charge in [-0.15, -0.1) is 0 Å². The molecule has 1 saturated heterocycles. The highest BCUT2D eigenvalue weighted by atomic mass is 32.2. The standard InChI is InChI=1S/C29H31N3O5S2/c1-4-36-24-12-15-26-27(16-24)38-29(30-26)32(19-22-8-6-5-7-9-22)28(33)23-10-13-25(14-11-23)39(34,35)31-17-20(2)37-21(3)18-31/h5-16,20-21H,4,17-19H2,1-3H3. The number of hydrogen-bond donors (Lipinski definition) is 0. The van der Waals surface area contributed by atoms with E-state index in [0.717, 1.165) is 21.5 Å². The van der Waals surface area contributed by atoms with Crippen LogP contribution in [0.3, 0.4) is 0 Å². The lowest BCUT2D eigenvalue weighted by atomic mass is 10.1. The van der Waals surface area contributed by atoms with Crippen molar-refractivity contribution in [1.82, 2.24) is 9.29 Å². The molecule has 3 aromatic carbocycles. The van der Waals surface area contributed by atoms with E-state index in [1.807, 2.05) is 69.3 Å². The molecule has 39 heavy (non-hydrogen) atoms. The van der Waals surface area contributed by atoms with Gasteiger partial charge in [0, 0.05) is 18.7 Å². The summed E-state index contributed by atoms with van der Waals surface area (Å²) in [5.74, 6) is 0.488. The monoisotopic (exact) mass is 565 g/mol. The number of ether oxygens (including phenoxy) is 2. The molecule has 8 nitrogen and oxygen atoms in total. The number of morpholine rings is 1. The molecule has 0 spiro atoms. The number of rotatable bonds is 8. The van der Waals surface area contributed by atoms with E-state index in [2.05, 4.69) is 0 Å². The molecule has 1 fully saturated rings. The number of fused-ring (bicyclic) bond motifs is 1. The second-order valence-electron chi connectivity index (χ2n) is 9.54. The molecule has 0 radical (unpaired) electrons. The van der Waals surface area contributed by atoms with Crippen molar-refractivity contribution in [2.45, 2.75) is 44.4 Å². The van der Waals surface area contributed by atoms with Crippen LogP contribution in [0.1, 0.15) is 36.7 Å². The lowest BCUT2D eigenvalue weighted by Gasteiger charge is -2.34. The molecule has 0 aliphatic carbocycles. The van der Waals surface area contributed by atoms with Crippen LogP contribution >= 0.6 is 11.3 Å². The third kappa shape index (κ3) is 5.99. The molecule has 10 heteroatoms. The largest absolute Gasteiger partial charge is 0.494 e. The van der Waals surface area contributed by atoms with E-state index in [0.29, 0.717) is 36.9 Å². The minimum atomic E-state index is -3.71. The zero-order valence-corrected chi connectivity index (χ0v) is 23.7. The molecule has 2 heterocycles. The number of sulfonamides is 1. The minimum Gasteiger partial charge on any atom is -0.494 e. The summed E-state index contributed by atoms with van der Waals surface area (Å²) in [4.78, 5) is 20.4. The number of thiazole rings is 1. The van der Waals surface area contributed by atoms with Crippen LogP contribution in [0.4, 0.5) is 5.13 Å². The fourth-order valence-corrected chi connectivity index (χ4v) is 7.24. The van der Waals surface area contributed by atoms with Crippen LogP contribution < -0.4 is 9.64 Å². The summed E-state index contributed by atoms with van der Waals surface area (Å²) in [6, 6.07) is 21.5. The molecule has 1 aromatic heterocycles. The van der Waals surface area contributed by atoms with Crippen molar-refractivity contribution < 1.29 is 22.7 Å². The first-order chi connectivity index (χ1) is 18.7. The summed E-state index contributed by atoms with van der Waals surface area (Å²) in [6.07, 6.45) is -0.372. The molecular weight excluding hydrogens is 534 g/mol. The summed E-state index contributed by atoms with van der Waals surface area (Å²) in [5, 5.41) is 0.556. The number of amides is 1. The second kappa shape index (κ2) is 11.4. The molecule has 0 N–H and O–H groups in total. The van der Waals surface area contributed by atoms with Gasteiger partial charge in [0.1, 0.15) is 5.75 Å². The van der Waals surface area contributed by atoms with E-state index in [-0.39, 0.29) is 23.0 Å². The van der Waals surface area contributed by atoms with E-state index in [9.17, 15) is 13.2 Å². The number of nitrogens with zero attached hydrogens (tertiary/aromatic N) is 3. The van der Waals surface area contributed by atoms with Gasteiger partial charge in [-0.25, -0.2) is 13.4 Å². The molecule has 1 aliphatic heterocycles. The van der Waals surface area contributed by atoms with Gasteiger partial charge >= 0.3 is 0 Å². The van der Waals surface area contributed by atoms with Crippen LogP contribution in [0, 0.1) is 0 Å².